The minimum atomic E-state index is 0.867. The Balaban J connectivity index is 1.19. The van der Waals surface area contributed by atoms with Crippen molar-refractivity contribution in [2.24, 2.45) is 0 Å². The Hall–Kier alpha value is -7.16. The number of hydrogen-bond acceptors (Lipinski definition) is 2. The van der Waals surface area contributed by atoms with Crippen LogP contribution in [0, 0.1) is 0 Å². The highest BCUT2D eigenvalue weighted by Crippen LogP contribution is 2.48. The summed E-state index contributed by atoms with van der Waals surface area (Å²) in [6.45, 7) is 0. The van der Waals surface area contributed by atoms with Gasteiger partial charge in [-0.15, -0.1) is 0 Å². The zero-order chi connectivity index (χ0) is 35.8. The van der Waals surface area contributed by atoms with E-state index in [1.54, 1.807) is 0 Å². The Morgan fingerprint density at radius 3 is 1.65 bits per heavy atom. The number of fused-ring (bicyclic) bond motifs is 4. The molecular formula is C52H35NO. The molecule has 0 saturated carbocycles. The van der Waals surface area contributed by atoms with Gasteiger partial charge in [0.15, 0.2) is 0 Å². The summed E-state index contributed by atoms with van der Waals surface area (Å²) in [5.74, 6) is 0. The summed E-state index contributed by atoms with van der Waals surface area (Å²) in [6.07, 6.45) is 0. The van der Waals surface area contributed by atoms with Gasteiger partial charge in [-0.1, -0.05) is 164 Å². The van der Waals surface area contributed by atoms with Gasteiger partial charge in [-0.3, -0.25) is 0 Å². The maximum absolute atomic E-state index is 6.51. The van der Waals surface area contributed by atoms with E-state index in [0.29, 0.717) is 0 Å². The molecule has 0 unspecified atom stereocenters. The fourth-order valence-corrected chi connectivity index (χ4v) is 7.80. The lowest BCUT2D eigenvalue weighted by molar-refractivity contribution is 0.669. The van der Waals surface area contributed by atoms with Crippen LogP contribution in [0.15, 0.2) is 217 Å². The van der Waals surface area contributed by atoms with Gasteiger partial charge in [-0.2, -0.15) is 0 Å². The van der Waals surface area contributed by atoms with E-state index >= 15 is 0 Å². The van der Waals surface area contributed by atoms with Crippen molar-refractivity contribution >= 4 is 49.8 Å². The molecule has 0 amide bonds. The molecule has 9 aromatic carbocycles. The molecule has 0 spiro atoms. The Bertz CT molecular complexity index is 2910. The molecule has 0 bridgehead atoms. The minimum absolute atomic E-state index is 0.867. The van der Waals surface area contributed by atoms with E-state index in [-0.39, 0.29) is 0 Å². The van der Waals surface area contributed by atoms with Crippen molar-refractivity contribution in [3.63, 3.8) is 0 Å². The molecule has 0 aliphatic rings. The van der Waals surface area contributed by atoms with Gasteiger partial charge in [0, 0.05) is 27.7 Å². The molecule has 0 aliphatic carbocycles. The van der Waals surface area contributed by atoms with Gasteiger partial charge < -0.3 is 9.32 Å². The van der Waals surface area contributed by atoms with Crippen LogP contribution >= 0.6 is 0 Å². The molecule has 1 aromatic heterocycles. The van der Waals surface area contributed by atoms with Gasteiger partial charge >= 0.3 is 0 Å². The number of rotatable bonds is 7. The summed E-state index contributed by atoms with van der Waals surface area (Å²) in [4.78, 5) is 2.40. The summed E-state index contributed by atoms with van der Waals surface area (Å²) in [6, 6.07) is 75.9. The average molecular weight is 690 g/mol. The van der Waals surface area contributed by atoms with Crippen LogP contribution in [0.3, 0.4) is 0 Å². The molecule has 2 nitrogen and oxygen atoms in total. The van der Waals surface area contributed by atoms with E-state index in [2.05, 4.69) is 211 Å². The van der Waals surface area contributed by atoms with Crippen LogP contribution in [0.2, 0.25) is 0 Å². The van der Waals surface area contributed by atoms with Crippen molar-refractivity contribution in [3.05, 3.63) is 212 Å². The molecule has 0 saturated heterocycles. The maximum Gasteiger partial charge on any atom is 0.136 e. The molecule has 10 aromatic rings. The quantitative estimate of drug-likeness (QED) is 0.166. The molecule has 2 heteroatoms. The minimum Gasteiger partial charge on any atom is -0.456 e. The Morgan fingerprint density at radius 2 is 0.870 bits per heavy atom. The van der Waals surface area contributed by atoms with Gasteiger partial charge in [0.25, 0.3) is 0 Å². The average Bonchev–Trinajstić information content (AvgIpc) is 3.63. The van der Waals surface area contributed by atoms with Crippen LogP contribution in [0.1, 0.15) is 0 Å². The molecule has 10 rings (SSSR count). The van der Waals surface area contributed by atoms with Crippen molar-refractivity contribution in [2.45, 2.75) is 0 Å². The summed E-state index contributed by atoms with van der Waals surface area (Å²) in [5.41, 5.74) is 14.3. The molecule has 1 heterocycles. The lowest BCUT2D eigenvalue weighted by atomic mass is 9.94. The highest BCUT2D eigenvalue weighted by molar-refractivity contribution is 6.16. The number of anilines is 3. The summed E-state index contributed by atoms with van der Waals surface area (Å²) < 4.78 is 6.51. The lowest BCUT2D eigenvalue weighted by Gasteiger charge is -2.29. The van der Waals surface area contributed by atoms with Crippen molar-refractivity contribution < 1.29 is 4.42 Å². The van der Waals surface area contributed by atoms with E-state index in [4.69, 9.17) is 4.42 Å². The first-order chi connectivity index (χ1) is 26.8. The first-order valence-corrected chi connectivity index (χ1v) is 18.4. The zero-order valence-corrected chi connectivity index (χ0v) is 29.6. The lowest BCUT2D eigenvalue weighted by Crippen LogP contribution is -2.11. The molecule has 0 fully saturated rings. The van der Waals surface area contributed by atoms with E-state index < -0.39 is 0 Å². The Labute approximate surface area is 314 Å². The second-order valence-corrected chi connectivity index (χ2v) is 13.7. The number of furan rings is 1. The van der Waals surface area contributed by atoms with E-state index in [1.807, 2.05) is 6.07 Å². The number of hydrogen-bond donors (Lipinski definition) is 0. The highest BCUT2D eigenvalue weighted by Gasteiger charge is 2.23. The Kier molecular flexibility index (Phi) is 7.85. The van der Waals surface area contributed by atoms with Crippen molar-refractivity contribution in [1.29, 1.82) is 0 Å². The second kappa shape index (κ2) is 13.4. The highest BCUT2D eigenvalue weighted by atomic mass is 16.3. The number of nitrogens with zero attached hydrogens (tertiary/aromatic N) is 1. The summed E-state index contributed by atoms with van der Waals surface area (Å²) in [5, 5.41) is 4.68. The molecule has 0 aliphatic heterocycles. The summed E-state index contributed by atoms with van der Waals surface area (Å²) >= 11 is 0. The van der Waals surface area contributed by atoms with Crippen molar-refractivity contribution in [1.82, 2.24) is 0 Å². The largest absolute Gasteiger partial charge is 0.456 e. The van der Waals surface area contributed by atoms with Gasteiger partial charge in [0.2, 0.25) is 0 Å². The molecule has 254 valence electrons. The third kappa shape index (κ3) is 5.71. The van der Waals surface area contributed by atoms with Crippen LogP contribution in [0.4, 0.5) is 17.1 Å². The monoisotopic (exact) mass is 689 g/mol. The second-order valence-electron chi connectivity index (χ2n) is 13.7. The maximum atomic E-state index is 6.51. The van der Waals surface area contributed by atoms with Gasteiger partial charge in [0.1, 0.15) is 11.2 Å². The Morgan fingerprint density at radius 1 is 0.315 bits per heavy atom. The van der Waals surface area contributed by atoms with Crippen LogP contribution in [-0.2, 0) is 0 Å². The fraction of sp³-hybridized carbons (Fsp3) is 0. The van der Waals surface area contributed by atoms with E-state index in [1.165, 1.54) is 38.6 Å². The normalized spacial score (nSPS) is 11.3. The fourth-order valence-electron chi connectivity index (χ4n) is 7.80. The molecule has 0 N–H and O–H groups in total. The van der Waals surface area contributed by atoms with Gasteiger partial charge in [-0.05, 0) is 98.2 Å². The van der Waals surface area contributed by atoms with Crippen molar-refractivity contribution in [2.75, 3.05) is 4.90 Å². The topological polar surface area (TPSA) is 16.4 Å². The summed E-state index contributed by atoms with van der Waals surface area (Å²) in [7, 11) is 0. The smallest absolute Gasteiger partial charge is 0.136 e. The first kappa shape index (κ1) is 31.6. The predicted octanol–water partition coefficient (Wildman–Crippen LogP) is 14.9. The van der Waals surface area contributed by atoms with Crippen molar-refractivity contribution in [3.8, 4) is 44.5 Å². The predicted molar refractivity (Wildman–Crippen MR) is 228 cm³/mol. The third-order valence-electron chi connectivity index (χ3n) is 10.5. The third-order valence-corrected chi connectivity index (χ3v) is 10.5. The molecule has 54 heavy (non-hydrogen) atoms. The molecule has 0 radical (unpaired) electrons. The SMILES string of the molecule is c1ccc(-c2ccc(-c3c(N(c4ccc(-c5ccc6ccccc6c5)cc4)c4cccc(-c5ccccc5)c4)ccc4oc5ccccc5c34)cc2)cc1. The zero-order valence-electron chi connectivity index (χ0n) is 29.6. The van der Waals surface area contributed by atoms with Gasteiger partial charge in [-0.25, -0.2) is 0 Å². The van der Waals surface area contributed by atoms with Gasteiger partial charge in [0.05, 0.1) is 5.69 Å². The number of para-hydroxylation sites is 1. The van der Waals surface area contributed by atoms with E-state index in [0.717, 1.165) is 55.7 Å². The van der Waals surface area contributed by atoms with E-state index in [9.17, 15) is 0 Å². The molecular weight excluding hydrogens is 655 g/mol. The van der Waals surface area contributed by atoms with Crippen LogP contribution in [0.25, 0.3) is 77.2 Å². The van der Waals surface area contributed by atoms with Crippen LogP contribution in [0.5, 0.6) is 0 Å². The number of benzene rings is 9. The van der Waals surface area contributed by atoms with Crippen LogP contribution in [-0.4, -0.2) is 0 Å². The molecule has 0 atom stereocenters. The first-order valence-electron chi connectivity index (χ1n) is 18.4. The standard InChI is InChI=1S/C52H35NO/c1-3-12-36(13-4-1)39-22-25-41(26-23-39)51-48(32-33-50-52(51)47-20-9-10-21-49(47)54-50)53(46-19-11-18-43(35-46)37-14-5-2-6-15-37)45-30-28-40(29-31-45)44-27-24-38-16-7-8-17-42(38)34-44/h1-35H. The van der Waals surface area contributed by atoms with Crippen LogP contribution < -0.4 is 4.90 Å².